The van der Waals surface area contributed by atoms with E-state index in [-0.39, 0.29) is 0 Å². The van der Waals surface area contributed by atoms with Crippen molar-refractivity contribution in [1.29, 1.82) is 0 Å². The smallest absolute Gasteiger partial charge is 0.114 e. The van der Waals surface area contributed by atoms with Gasteiger partial charge in [-0.15, -0.1) is 0 Å². The van der Waals surface area contributed by atoms with Gasteiger partial charge in [0.15, 0.2) is 0 Å². The highest BCUT2D eigenvalue weighted by Gasteiger charge is 2.15. The fourth-order valence-corrected chi connectivity index (χ4v) is 2.68. The summed E-state index contributed by atoms with van der Waals surface area (Å²) in [7, 11) is 0. The van der Waals surface area contributed by atoms with Crippen LogP contribution in [0.3, 0.4) is 0 Å². The summed E-state index contributed by atoms with van der Waals surface area (Å²) in [6.45, 7) is 1.72. The SMILES string of the molecule is NCc1ccc2cnc(CC3CCCCN3)n2c1. The highest BCUT2D eigenvalue weighted by Crippen LogP contribution is 2.14. The molecule has 2 aromatic rings. The van der Waals surface area contributed by atoms with Gasteiger partial charge in [-0.25, -0.2) is 4.98 Å². The summed E-state index contributed by atoms with van der Waals surface area (Å²) in [6.07, 6.45) is 8.94. The molecule has 3 heterocycles. The van der Waals surface area contributed by atoms with Gasteiger partial charge in [0.2, 0.25) is 0 Å². The Labute approximate surface area is 107 Å². The van der Waals surface area contributed by atoms with Crippen LogP contribution in [0.25, 0.3) is 5.52 Å². The molecule has 0 amide bonds. The van der Waals surface area contributed by atoms with E-state index in [0.717, 1.165) is 29.9 Å². The number of rotatable bonds is 3. The molecule has 0 saturated carbocycles. The number of fused-ring (bicyclic) bond motifs is 1. The van der Waals surface area contributed by atoms with E-state index in [1.807, 2.05) is 6.20 Å². The quantitative estimate of drug-likeness (QED) is 0.860. The van der Waals surface area contributed by atoms with E-state index in [1.54, 1.807) is 0 Å². The van der Waals surface area contributed by atoms with Crippen molar-refractivity contribution < 1.29 is 0 Å². The Balaban J connectivity index is 1.86. The second-order valence-corrected chi connectivity index (χ2v) is 5.06. The largest absolute Gasteiger partial charge is 0.326 e. The molecule has 0 radical (unpaired) electrons. The molecule has 4 nitrogen and oxygen atoms in total. The Morgan fingerprint density at radius 3 is 3.11 bits per heavy atom. The van der Waals surface area contributed by atoms with Crippen LogP contribution in [0.2, 0.25) is 0 Å². The second-order valence-electron chi connectivity index (χ2n) is 5.06. The first-order chi connectivity index (χ1) is 8.86. The van der Waals surface area contributed by atoms with Gasteiger partial charge in [-0.05, 0) is 31.0 Å². The zero-order valence-electron chi connectivity index (χ0n) is 10.6. The maximum Gasteiger partial charge on any atom is 0.114 e. The Morgan fingerprint density at radius 1 is 1.39 bits per heavy atom. The molecule has 1 aliphatic rings. The molecule has 0 aromatic carbocycles. The summed E-state index contributed by atoms with van der Waals surface area (Å²) in [5, 5.41) is 3.57. The zero-order chi connectivity index (χ0) is 12.4. The third kappa shape index (κ3) is 2.26. The highest BCUT2D eigenvalue weighted by atomic mass is 15.0. The van der Waals surface area contributed by atoms with Crippen LogP contribution in [0, 0.1) is 0 Å². The van der Waals surface area contributed by atoms with Crippen LogP contribution in [-0.4, -0.2) is 22.0 Å². The maximum absolute atomic E-state index is 5.70. The Kier molecular flexibility index (Phi) is 3.30. The highest BCUT2D eigenvalue weighted by molar-refractivity contribution is 5.47. The van der Waals surface area contributed by atoms with E-state index in [1.165, 1.54) is 19.3 Å². The summed E-state index contributed by atoms with van der Waals surface area (Å²) in [4.78, 5) is 4.55. The number of nitrogens with zero attached hydrogens (tertiary/aromatic N) is 2. The average molecular weight is 244 g/mol. The van der Waals surface area contributed by atoms with Gasteiger partial charge in [0.25, 0.3) is 0 Å². The molecule has 0 bridgehead atoms. The standard InChI is InChI=1S/C14H20N4/c15-8-11-4-5-13-9-17-14(18(13)10-11)7-12-3-1-2-6-16-12/h4-5,9-10,12,16H,1-3,6-8,15H2. The fraction of sp³-hybridized carbons (Fsp3) is 0.500. The first kappa shape index (κ1) is 11.7. The third-order valence-corrected chi connectivity index (χ3v) is 3.74. The van der Waals surface area contributed by atoms with Crippen LogP contribution in [-0.2, 0) is 13.0 Å². The van der Waals surface area contributed by atoms with Gasteiger partial charge in [-0.2, -0.15) is 0 Å². The predicted octanol–water partition coefficient (Wildman–Crippen LogP) is 1.48. The molecule has 3 N–H and O–H groups in total. The Bertz CT molecular complexity index is 526. The number of nitrogens with two attached hydrogens (primary N) is 1. The van der Waals surface area contributed by atoms with Crippen molar-refractivity contribution in [2.75, 3.05) is 6.54 Å². The Morgan fingerprint density at radius 2 is 2.33 bits per heavy atom. The van der Waals surface area contributed by atoms with E-state index in [4.69, 9.17) is 5.73 Å². The minimum absolute atomic E-state index is 0.575. The van der Waals surface area contributed by atoms with E-state index < -0.39 is 0 Å². The van der Waals surface area contributed by atoms with E-state index in [0.29, 0.717) is 12.6 Å². The number of piperidine rings is 1. The normalized spacial score (nSPS) is 20.4. The van der Waals surface area contributed by atoms with Crippen molar-refractivity contribution in [3.8, 4) is 0 Å². The van der Waals surface area contributed by atoms with Crippen molar-refractivity contribution in [3.63, 3.8) is 0 Å². The first-order valence-electron chi connectivity index (χ1n) is 6.75. The average Bonchev–Trinajstić information content (AvgIpc) is 2.82. The lowest BCUT2D eigenvalue weighted by atomic mass is 10.0. The Hall–Kier alpha value is -1.39. The van der Waals surface area contributed by atoms with Crippen LogP contribution < -0.4 is 11.1 Å². The van der Waals surface area contributed by atoms with Crippen molar-refractivity contribution >= 4 is 5.52 Å². The predicted molar refractivity (Wildman–Crippen MR) is 72.4 cm³/mol. The van der Waals surface area contributed by atoms with Crippen molar-refractivity contribution in [2.45, 2.75) is 38.3 Å². The molecule has 0 aliphatic carbocycles. The number of imidazole rings is 1. The second kappa shape index (κ2) is 5.08. The molecule has 3 rings (SSSR count). The fourth-order valence-electron chi connectivity index (χ4n) is 2.68. The van der Waals surface area contributed by atoms with Gasteiger partial charge in [0.05, 0.1) is 11.7 Å². The molecular formula is C14H20N4. The summed E-state index contributed by atoms with van der Waals surface area (Å²) in [6, 6.07) is 4.73. The lowest BCUT2D eigenvalue weighted by Gasteiger charge is -2.22. The van der Waals surface area contributed by atoms with Gasteiger partial charge in [0, 0.05) is 25.2 Å². The summed E-state index contributed by atoms with van der Waals surface area (Å²) in [5.74, 6) is 1.14. The molecule has 1 unspecified atom stereocenters. The minimum Gasteiger partial charge on any atom is -0.326 e. The van der Waals surface area contributed by atoms with E-state index >= 15 is 0 Å². The van der Waals surface area contributed by atoms with Crippen LogP contribution >= 0.6 is 0 Å². The minimum atomic E-state index is 0.575. The molecule has 1 atom stereocenters. The molecular weight excluding hydrogens is 224 g/mol. The first-order valence-corrected chi connectivity index (χ1v) is 6.75. The molecule has 96 valence electrons. The zero-order valence-corrected chi connectivity index (χ0v) is 10.6. The molecule has 1 saturated heterocycles. The van der Waals surface area contributed by atoms with E-state index in [9.17, 15) is 0 Å². The molecule has 18 heavy (non-hydrogen) atoms. The van der Waals surface area contributed by atoms with Crippen molar-refractivity contribution in [1.82, 2.24) is 14.7 Å². The summed E-state index contributed by atoms with van der Waals surface area (Å²) >= 11 is 0. The number of hydrogen-bond acceptors (Lipinski definition) is 3. The lowest BCUT2D eigenvalue weighted by Crippen LogP contribution is -2.36. The molecule has 1 aliphatic heterocycles. The molecule has 2 aromatic heterocycles. The summed E-state index contributed by atoms with van der Waals surface area (Å²) in [5.41, 5.74) is 8.00. The maximum atomic E-state index is 5.70. The number of aromatic nitrogens is 2. The monoisotopic (exact) mass is 244 g/mol. The van der Waals surface area contributed by atoms with Gasteiger partial charge in [-0.3, -0.25) is 0 Å². The molecule has 4 heteroatoms. The number of hydrogen-bond donors (Lipinski definition) is 2. The molecule has 1 fully saturated rings. The number of nitrogens with one attached hydrogen (secondary N) is 1. The topological polar surface area (TPSA) is 55.3 Å². The van der Waals surface area contributed by atoms with Crippen LogP contribution in [0.15, 0.2) is 24.5 Å². The van der Waals surface area contributed by atoms with E-state index in [2.05, 4.69) is 33.0 Å². The van der Waals surface area contributed by atoms with Gasteiger partial charge >= 0.3 is 0 Å². The third-order valence-electron chi connectivity index (χ3n) is 3.74. The van der Waals surface area contributed by atoms with Crippen LogP contribution in [0.1, 0.15) is 30.7 Å². The lowest BCUT2D eigenvalue weighted by molar-refractivity contribution is 0.394. The van der Waals surface area contributed by atoms with Crippen molar-refractivity contribution in [2.24, 2.45) is 5.73 Å². The summed E-state index contributed by atoms with van der Waals surface area (Å²) < 4.78 is 2.18. The van der Waals surface area contributed by atoms with Crippen molar-refractivity contribution in [3.05, 3.63) is 35.9 Å². The van der Waals surface area contributed by atoms with Crippen LogP contribution in [0.4, 0.5) is 0 Å². The van der Waals surface area contributed by atoms with Gasteiger partial charge in [-0.1, -0.05) is 12.5 Å². The van der Waals surface area contributed by atoms with Gasteiger partial charge < -0.3 is 15.5 Å². The van der Waals surface area contributed by atoms with Crippen LogP contribution in [0.5, 0.6) is 0 Å². The number of pyridine rings is 1. The molecule has 0 spiro atoms. The van der Waals surface area contributed by atoms with Gasteiger partial charge in [0.1, 0.15) is 5.82 Å².